The van der Waals surface area contributed by atoms with Gasteiger partial charge in [0.2, 0.25) is 8.07 Å². The van der Waals surface area contributed by atoms with Gasteiger partial charge in [0.05, 0.1) is 0 Å². The maximum absolute atomic E-state index is 4.07. The molecule has 0 atom stereocenters. The van der Waals surface area contributed by atoms with Crippen molar-refractivity contribution in [3.8, 4) is 11.5 Å². The van der Waals surface area contributed by atoms with Crippen LogP contribution in [0.2, 0.25) is 0 Å². The molecule has 1 heteroatoms. The SMILES string of the molecule is C(#C[Si](c1ccccc1)(c1ccccc1)c1ccccc1)c1c2ccccc2c(C2CCCCC2)c2ccccc12. The summed E-state index contributed by atoms with van der Waals surface area (Å²) in [5.41, 5.74) is 6.77. The minimum atomic E-state index is -2.69. The Bertz CT molecular complexity index is 1700. The van der Waals surface area contributed by atoms with Crippen LogP contribution < -0.4 is 15.6 Å². The zero-order valence-corrected chi connectivity index (χ0v) is 24.4. The standard InChI is InChI=1S/C40H34Si/c1-5-17-31(18-6-1)40-38-27-15-13-25-35(38)37(36-26-14-16-28-39(36)40)29-30-41(32-19-7-2-8-20-32,33-21-9-3-10-22-33)34-23-11-4-12-24-34/h2-4,7-16,19-28,31H,1,5-6,17-18H2. The molecule has 6 aromatic carbocycles. The van der Waals surface area contributed by atoms with Crippen LogP contribution in [0.25, 0.3) is 21.5 Å². The molecule has 0 spiro atoms. The second-order valence-electron chi connectivity index (χ2n) is 11.3. The molecule has 1 saturated carbocycles. The number of fused-ring (bicyclic) bond motifs is 2. The van der Waals surface area contributed by atoms with Crippen LogP contribution in [0.4, 0.5) is 0 Å². The second kappa shape index (κ2) is 11.2. The van der Waals surface area contributed by atoms with Gasteiger partial charge >= 0.3 is 0 Å². The van der Waals surface area contributed by atoms with Crippen molar-refractivity contribution in [2.75, 3.05) is 0 Å². The summed E-state index contributed by atoms with van der Waals surface area (Å²) < 4.78 is 0. The summed E-state index contributed by atoms with van der Waals surface area (Å²) in [4.78, 5) is 0. The molecule has 0 saturated heterocycles. The van der Waals surface area contributed by atoms with Gasteiger partial charge < -0.3 is 0 Å². The molecule has 0 aliphatic heterocycles. The lowest BCUT2D eigenvalue weighted by molar-refractivity contribution is 0.447. The van der Waals surface area contributed by atoms with Crippen molar-refractivity contribution in [2.24, 2.45) is 0 Å². The van der Waals surface area contributed by atoms with E-state index >= 15 is 0 Å². The molecule has 0 nitrogen and oxygen atoms in total. The van der Waals surface area contributed by atoms with Crippen molar-refractivity contribution in [2.45, 2.75) is 38.0 Å². The van der Waals surface area contributed by atoms with E-state index < -0.39 is 8.07 Å². The normalized spacial score (nSPS) is 14.0. The van der Waals surface area contributed by atoms with E-state index in [0.717, 1.165) is 5.56 Å². The van der Waals surface area contributed by atoms with Gasteiger partial charge in [0.15, 0.2) is 0 Å². The molecular weight excluding hydrogens is 509 g/mol. The van der Waals surface area contributed by atoms with E-state index in [2.05, 4.69) is 151 Å². The summed E-state index contributed by atoms with van der Waals surface area (Å²) in [5, 5.41) is 9.29. The molecule has 1 aliphatic rings. The number of rotatable bonds is 4. The van der Waals surface area contributed by atoms with Crippen LogP contribution in [0.1, 0.15) is 49.1 Å². The Morgan fingerprint density at radius 3 is 1.27 bits per heavy atom. The molecule has 7 rings (SSSR count). The van der Waals surface area contributed by atoms with Gasteiger partial charge in [0.25, 0.3) is 0 Å². The van der Waals surface area contributed by atoms with Crippen molar-refractivity contribution in [3.05, 3.63) is 151 Å². The summed E-state index contributed by atoms with van der Waals surface area (Å²) in [6.45, 7) is 0. The van der Waals surface area contributed by atoms with Gasteiger partial charge in [-0.3, -0.25) is 0 Å². The van der Waals surface area contributed by atoms with E-state index in [1.807, 2.05) is 0 Å². The topological polar surface area (TPSA) is 0 Å². The molecule has 0 heterocycles. The minimum absolute atomic E-state index is 0.618. The molecule has 0 bridgehead atoms. The maximum Gasteiger partial charge on any atom is 0.230 e. The van der Waals surface area contributed by atoms with Crippen molar-refractivity contribution in [1.82, 2.24) is 0 Å². The Morgan fingerprint density at radius 2 is 0.829 bits per heavy atom. The Kier molecular flexibility index (Phi) is 7.01. The highest BCUT2D eigenvalue weighted by Crippen LogP contribution is 2.42. The fraction of sp³-hybridized carbons (Fsp3) is 0.150. The quantitative estimate of drug-likeness (QED) is 0.0914. The maximum atomic E-state index is 4.07. The highest BCUT2D eigenvalue weighted by molar-refractivity contribution is 7.16. The van der Waals surface area contributed by atoms with Crippen LogP contribution in [0, 0.1) is 11.5 Å². The van der Waals surface area contributed by atoms with E-state index in [1.54, 1.807) is 5.56 Å². The predicted octanol–water partition coefficient (Wildman–Crippen LogP) is 8.10. The second-order valence-corrected chi connectivity index (χ2v) is 14.8. The Labute approximate surface area is 244 Å². The first-order valence-corrected chi connectivity index (χ1v) is 17.0. The van der Waals surface area contributed by atoms with Crippen LogP contribution in [0.15, 0.2) is 140 Å². The van der Waals surface area contributed by atoms with Gasteiger partial charge in [0.1, 0.15) is 0 Å². The summed E-state index contributed by atoms with van der Waals surface area (Å²) in [6, 6.07) is 51.0. The van der Waals surface area contributed by atoms with Crippen molar-refractivity contribution >= 4 is 45.2 Å². The molecule has 0 aromatic heterocycles. The molecule has 6 aromatic rings. The summed E-state index contributed by atoms with van der Waals surface area (Å²) in [6.07, 6.45) is 6.58. The number of hydrogen-bond donors (Lipinski definition) is 0. The highest BCUT2D eigenvalue weighted by Gasteiger charge is 2.38. The van der Waals surface area contributed by atoms with Gasteiger partial charge in [-0.2, -0.15) is 0 Å². The van der Waals surface area contributed by atoms with Crippen molar-refractivity contribution in [1.29, 1.82) is 0 Å². The Balaban J connectivity index is 1.55. The largest absolute Gasteiger partial charge is 0.230 e. The van der Waals surface area contributed by atoms with Gasteiger partial charge in [-0.05, 0) is 61.4 Å². The monoisotopic (exact) mass is 542 g/mol. The van der Waals surface area contributed by atoms with E-state index in [1.165, 1.54) is 69.2 Å². The average molecular weight is 543 g/mol. The van der Waals surface area contributed by atoms with Crippen molar-refractivity contribution < 1.29 is 0 Å². The average Bonchev–Trinajstić information content (AvgIpc) is 3.06. The number of hydrogen-bond acceptors (Lipinski definition) is 0. The zero-order valence-electron chi connectivity index (χ0n) is 23.4. The Hall–Kier alpha value is -4.38. The molecule has 1 fully saturated rings. The molecule has 41 heavy (non-hydrogen) atoms. The van der Waals surface area contributed by atoms with Crippen LogP contribution >= 0.6 is 0 Å². The van der Waals surface area contributed by atoms with E-state index in [-0.39, 0.29) is 0 Å². The lowest BCUT2D eigenvalue weighted by Gasteiger charge is -2.28. The van der Waals surface area contributed by atoms with E-state index in [4.69, 9.17) is 0 Å². The summed E-state index contributed by atoms with van der Waals surface area (Å²) in [5.74, 6) is 4.53. The molecule has 0 unspecified atom stereocenters. The smallest absolute Gasteiger partial charge is 0.109 e. The molecule has 1 aliphatic carbocycles. The fourth-order valence-corrected chi connectivity index (χ4v) is 10.9. The third kappa shape index (κ3) is 4.59. The molecule has 198 valence electrons. The molecular formula is C40H34Si. The molecule has 0 N–H and O–H groups in total. The van der Waals surface area contributed by atoms with Gasteiger partial charge in [-0.15, -0.1) is 5.54 Å². The Morgan fingerprint density at radius 1 is 0.439 bits per heavy atom. The lowest BCUT2D eigenvalue weighted by Crippen LogP contribution is -2.66. The van der Waals surface area contributed by atoms with Crippen LogP contribution in [-0.2, 0) is 0 Å². The van der Waals surface area contributed by atoms with Gasteiger partial charge in [-0.25, -0.2) is 0 Å². The van der Waals surface area contributed by atoms with Crippen LogP contribution in [0.3, 0.4) is 0 Å². The highest BCUT2D eigenvalue weighted by atomic mass is 28.3. The summed E-state index contributed by atoms with van der Waals surface area (Å²) in [7, 11) is -2.69. The van der Waals surface area contributed by atoms with Crippen LogP contribution in [-0.4, -0.2) is 8.07 Å². The van der Waals surface area contributed by atoms with E-state index in [0.29, 0.717) is 5.92 Å². The van der Waals surface area contributed by atoms with Gasteiger partial charge in [0, 0.05) is 5.56 Å². The first-order valence-electron chi connectivity index (χ1n) is 15.0. The zero-order chi connectivity index (χ0) is 27.5. The number of benzene rings is 6. The molecule has 0 amide bonds. The third-order valence-corrected chi connectivity index (χ3v) is 13.1. The van der Waals surface area contributed by atoms with Crippen molar-refractivity contribution in [3.63, 3.8) is 0 Å². The van der Waals surface area contributed by atoms with E-state index in [9.17, 15) is 0 Å². The first kappa shape index (κ1) is 25.6. The first-order chi connectivity index (χ1) is 20.4. The minimum Gasteiger partial charge on any atom is -0.109 e. The van der Waals surface area contributed by atoms with Gasteiger partial charge in [-0.1, -0.05) is 165 Å². The van der Waals surface area contributed by atoms with Crippen LogP contribution in [0.5, 0.6) is 0 Å². The molecule has 0 radical (unpaired) electrons. The third-order valence-electron chi connectivity index (χ3n) is 8.98. The predicted molar refractivity (Wildman–Crippen MR) is 178 cm³/mol. The lowest BCUT2D eigenvalue weighted by atomic mass is 9.78. The fourth-order valence-electron chi connectivity index (χ4n) is 7.07. The summed E-state index contributed by atoms with van der Waals surface area (Å²) >= 11 is 0.